The predicted octanol–water partition coefficient (Wildman–Crippen LogP) is 3.56. The largest absolute Gasteiger partial charge is 0.489 e. The summed E-state index contributed by atoms with van der Waals surface area (Å²) in [6.07, 6.45) is 1.94. The van der Waals surface area contributed by atoms with Crippen molar-refractivity contribution >= 4 is 12.0 Å². The molecule has 0 radical (unpaired) electrons. The number of nitrogens with one attached hydrogen (secondary N) is 1. The van der Waals surface area contributed by atoms with Crippen LogP contribution in [0, 0.1) is 0 Å². The minimum atomic E-state index is -0.615. The number of nitrogens with zero attached hydrogens (tertiary/aromatic N) is 1. The number of ether oxygens (including phenoxy) is 2. The molecule has 3 rings (SSSR count). The number of carbonyl (C=O) groups is 2. The van der Waals surface area contributed by atoms with E-state index in [0.717, 1.165) is 18.4 Å². The molecule has 0 spiro atoms. The lowest BCUT2D eigenvalue weighted by Crippen LogP contribution is -2.34. The van der Waals surface area contributed by atoms with E-state index in [1.807, 2.05) is 11.0 Å². The molecule has 1 saturated carbocycles. The summed E-state index contributed by atoms with van der Waals surface area (Å²) in [6, 6.07) is 5.67. The third-order valence-corrected chi connectivity index (χ3v) is 4.33. The van der Waals surface area contributed by atoms with Gasteiger partial charge in [-0.2, -0.15) is 0 Å². The van der Waals surface area contributed by atoms with E-state index in [9.17, 15) is 14.0 Å². The summed E-state index contributed by atoms with van der Waals surface area (Å²) in [5, 5.41) is 2.50. The maximum Gasteiger partial charge on any atom is 0.407 e. The fraction of sp³-hybridized carbons (Fsp3) is 0.500. The van der Waals surface area contributed by atoms with E-state index in [2.05, 4.69) is 5.32 Å². The number of rotatable bonds is 6. The number of amides is 2. The molecule has 1 aromatic carbocycles. The lowest BCUT2D eigenvalue weighted by atomic mass is 10.1. The monoisotopic (exact) mass is 376 g/mol. The van der Waals surface area contributed by atoms with Crippen molar-refractivity contribution < 1.29 is 23.5 Å². The van der Waals surface area contributed by atoms with Crippen molar-refractivity contribution in [2.75, 3.05) is 13.2 Å². The fourth-order valence-electron chi connectivity index (χ4n) is 2.89. The molecule has 7 heteroatoms. The Morgan fingerprint density at radius 2 is 2.11 bits per heavy atom. The van der Waals surface area contributed by atoms with Crippen molar-refractivity contribution in [1.29, 1.82) is 0 Å². The van der Waals surface area contributed by atoms with Gasteiger partial charge in [-0.25, -0.2) is 9.18 Å². The lowest BCUT2D eigenvalue weighted by molar-refractivity contribution is 0.0531. The normalized spacial score (nSPS) is 17.0. The number of alkyl carbamates (subject to hydrolysis) is 1. The number of carbonyl (C=O) groups excluding carboxylic acids is 2. The third-order valence-electron chi connectivity index (χ3n) is 4.33. The molecule has 1 aliphatic carbocycles. The maximum atomic E-state index is 13.1. The Balaban J connectivity index is 1.51. The van der Waals surface area contributed by atoms with E-state index in [4.69, 9.17) is 9.47 Å². The van der Waals surface area contributed by atoms with E-state index >= 15 is 0 Å². The highest BCUT2D eigenvalue weighted by atomic mass is 19.1. The predicted molar refractivity (Wildman–Crippen MR) is 98.3 cm³/mol. The number of fused-ring (bicyclic) bond motifs is 1. The summed E-state index contributed by atoms with van der Waals surface area (Å²) in [7, 11) is 0. The van der Waals surface area contributed by atoms with E-state index in [1.54, 1.807) is 32.9 Å². The van der Waals surface area contributed by atoms with Crippen LogP contribution in [0.5, 0.6) is 5.75 Å². The van der Waals surface area contributed by atoms with Crippen LogP contribution in [0.15, 0.2) is 30.1 Å². The first-order valence-corrected chi connectivity index (χ1v) is 9.08. The molecular weight excluding hydrogens is 351 g/mol. The van der Waals surface area contributed by atoms with Crippen molar-refractivity contribution in [3.63, 3.8) is 0 Å². The smallest absolute Gasteiger partial charge is 0.407 e. The van der Waals surface area contributed by atoms with Gasteiger partial charge in [-0.15, -0.1) is 0 Å². The van der Waals surface area contributed by atoms with Crippen LogP contribution in [0.3, 0.4) is 0 Å². The van der Waals surface area contributed by atoms with Gasteiger partial charge >= 0.3 is 6.09 Å². The maximum absolute atomic E-state index is 13.1. The highest BCUT2D eigenvalue weighted by Crippen LogP contribution is 2.35. The molecule has 6 nitrogen and oxygen atoms in total. The summed E-state index contributed by atoms with van der Waals surface area (Å²) in [6.45, 7) is 5.84. The zero-order valence-corrected chi connectivity index (χ0v) is 15.9. The van der Waals surface area contributed by atoms with Gasteiger partial charge in [0.05, 0.1) is 6.33 Å². The zero-order valence-electron chi connectivity index (χ0n) is 15.9. The Morgan fingerprint density at radius 1 is 1.37 bits per heavy atom. The Hall–Kier alpha value is -2.57. The molecule has 2 amide bonds. The molecule has 27 heavy (non-hydrogen) atoms. The number of halogens is 1. The van der Waals surface area contributed by atoms with E-state index in [1.165, 1.54) is 0 Å². The molecule has 0 aromatic heterocycles. The van der Waals surface area contributed by atoms with Crippen molar-refractivity contribution in [2.24, 2.45) is 0 Å². The van der Waals surface area contributed by atoms with E-state index in [-0.39, 0.29) is 24.6 Å². The van der Waals surface area contributed by atoms with Gasteiger partial charge in [-0.05, 0) is 57.4 Å². The highest BCUT2D eigenvalue weighted by molar-refractivity contribution is 5.98. The molecule has 0 bridgehead atoms. The highest BCUT2D eigenvalue weighted by Gasteiger charge is 2.38. The SMILES string of the molecule is CC(C)(C)OC(=O)NC/C(=C/F)COc1ccc2c(c1)CN(C1CC1)C2=O. The Labute approximate surface area is 158 Å². The molecule has 1 N–H and O–H groups in total. The summed E-state index contributed by atoms with van der Waals surface area (Å²) >= 11 is 0. The van der Waals surface area contributed by atoms with Crippen LogP contribution < -0.4 is 10.1 Å². The molecule has 0 atom stereocenters. The molecule has 2 aliphatic rings. The Kier molecular flexibility index (Phi) is 5.39. The third kappa shape index (κ3) is 4.99. The van der Waals surface area contributed by atoms with Gasteiger partial charge in [0.1, 0.15) is 18.0 Å². The number of benzene rings is 1. The lowest BCUT2D eigenvalue weighted by Gasteiger charge is -2.20. The first-order valence-electron chi connectivity index (χ1n) is 9.08. The van der Waals surface area contributed by atoms with Gasteiger partial charge in [0.25, 0.3) is 5.91 Å². The van der Waals surface area contributed by atoms with Crippen molar-refractivity contribution in [1.82, 2.24) is 10.2 Å². The van der Waals surface area contributed by atoms with Crippen LogP contribution in [-0.2, 0) is 11.3 Å². The van der Waals surface area contributed by atoms with Crippen LogP contribution >= 0.6 is 0 Å². The summed E-state index contributed by atoms with van der Waals surface area (Å²) < 4.78 is 23.8. The molecule has 0 saturated heterocycles. The zero-order chi connectivity index (χ0) is 19.6. The van der Waals surface area contributed by atoms with Crippen LogP contribution in [0.25, 0.3) is 0 Å². The molecule has 1 aromatic rings. The molecular formula is C20H25FN2O4. The molecule has 1 fully saturated rings. The second-order valence-corrected chi connectivity index (χ2v) is 7.89. The summed E-state index contributed by atoms with van der Waals surface area (Å²) in [5.41, 5.74) is 1.30. The van der Waals surface area contributed by atoms with Crippen LogP contribution in [0.2, 0.25) is 0 Å². The van der Waals surface area contributed by atoms with Gasteiger partial charge < -0.3 is 19.7 Å². The summed E-state index contributed by atoms with van der Waals surface area (Å²) in [5.74, 6) is 0.640. The van der Waals surface area contributed by atoms with Crippen molar-refractivity contribution in [2.45, 2.75) is 51.8 Å². The fourth-order valence-corrected chi connectivity index (χ4v) is 2.89. The van der Waals surface area contributed by atoms with Gasteiger partial charge in [0.15, 0.2) is 0 Å². The topological polar surface area (TPSA) is 67.9 Å². The van der Waals surface area contributed by atoms with E-state index < -0.39 is 11.7 Å². The van der Waals surface area contributed by atoms with E-state index in [0.29, 0.717) is 30.2 Å². The molecule has 1 heterocycles. The second kappa shape index (κ2) is 7.58. The van der Waals surface area contributed by atoms with Crippen molar-refractivity contribution in [3.8, 4) is 5.75 Å². The molecule has 0 unspecified atom stereocenters. The van der Waals surface area contributed by atoms with Gasteiger partial charge in [0, 0.05) is 30.3 Å². The minimum Gasteiger partial charge on any atom is -0.489 e. The molecule has 146 valence electrons. The number of hydrogen-bond acceptors (Lipinski definition) is 4. The van der Waals surface area contributed by atoms with Gasteiger partial charge in [-0.1, -0.05) is 0 Å². The Bertz CT molecular complexity index is 766. The first kappa shape index (κ1) is 19.2. The minimum absolute atomic E-state index is 0.00856. The van der Waals surface area contributed by atoms with Crippen LogP contribution in [0.4, 0.5) is 9.18 Å². The quantitative estimate of drug-likeness (QED) is 0.824. The number of hydrogen-bond donors (Lipinski definition) is 1. The first-order chi connectivity index (χ1) is 12.8. The van der Waals surface area contributed by atoms with Crippen molar-refractivity contribution in [3.05, 3.63) is 41.2 Å². The van der Waals surface area contributed by atoms with Crippen LogP contribution in [-0.4, -0.2) is 41.7 Å². The van der Waals surface area contributed by atoms with Gasteiger partial charge in [0.2, 0.25) is 0 Å². The van der Waals surface area contributed by atoms with Crippen LogP contribution in [0.1, 0.15) is 49.5 Å². The standard InChI is InChI=1S/C20H25FN2O4/c1-20(2,3)27-19(25)22-10-13(9-21)12-26-16-6-7-17-14(8-16)11-23(18(17)24)15-4-5-15/h6-9,15H,4-5,10-12H2,1-3H3,(H,22,25)/b13-9-. The molecule has 1 aliphatic heterocycles. The second-order valence-electron chi connectivity index (χ2n) is 7.89. The van der Waals surface area contributed by atoms with Gasteiger partial charge in [-0.3, -0.25) is 4.79 Å². The summed E-state index contributed by atoms with van der Waals surface area (Å²) in [4.78, 5) is 25.9. The average Bonchev–Trinajstić information content (AvgIpc) is 3.38. The average molecular weight is 376 g/mol. The Morgan fingerprint density at radius 3 is 2.74 bits per heavy atom.